The highest BCUT2D eigenvalue weighted by Gasteiger charge is 2.19. The molecule has 0 fully saturated rings. The van der Waals surface area contributed by atoms with Gasteiger partial charge in [-0.15, -0.1) is 0 Å². The maximum atomic E-state index is 12.5. The SMILES string of the molecule is CCCc1ccc(S(=O)(=O)Nc2cc(Cl)ccc2C(=O)OC)cc1. The van der Waals surface area contributed by atoms with Gasteiger partial charge >= 0.3 is 5.97 Å². The van der Waals surface area contributed by atoms with Gasteiger partial charge in [0.15, 0.2) is 0 Å². The second-order valence-electron chi connectivity index (χ2n) is 5.18. The predicted octanol–water partition coefficient (Wildman–Crippen LogP) is 3.88. The molecule has 0 amide bonds. The number of carbonyl (C=O) groups is 1. The normalized spacial score (nSPS) is 11.1. The van der Waals surface area contributed by atoms with Crippen LogP contribution in [-0.2, 0) is 21.2 Å². The molecule has 5 nitrogen and oxygen atoms in total. The number of sulfonamides is 1. The number of rotatable bonds is 6. The van der Waals surface area contributed by atoms with Gasteiger partial charge in [-0.25, -0.2) is 13.2 Å². The number of halogens is 1. The maximum absolute atomic E-state index is 12.5. The van der Waals surface area contributed by atoms with E-state index in [0.29, 0.717) is 5.02 Å². The minimum Gasteiger partial charge on any atom is -0.465 e. The molecule has 0 atom stereocenters. The summed E-state index contributed by atoms with van der Waals surface area (Å²) >= 11 is 5.91. The van der Waals surface area contributed by atoms with E-state index in [4.69, 9.17) is 11.6 Å². The zero-order chi connectivity index (χ0) is 17.7. The maximum Gasteiger partial charge on any atom is 0.339 e. The summed E-state index contributed by atoms with van der Waals surface area (Å²) in [6.07, 6.45) is 1.86. The van der Waals surface area contributed by atoms with Crippen LogP contribution >= 0.6 is 11.6 Å². The quantitative estimate of drug-likeness (QED) is 0.786. The summed E-state index contributed by atoms with van der Waals surface area (Å²) in [4.78, 5) is 11.9. The van der Waals surface area contributed by atoms with E-state index in [1.807, 2.05) is 0 Å². The van der Waals surface area contributed by atoms with E-state index < -0.39 is 16.0 Å². The Bertz CT molecular complexity index is 832. The van der Waals surface area contributed by atoms with Crippen LogP contribution in [0.4, 0.5) is 5.69 Å². The van der Waals surface area contributed by atoms with Crippen LogP contribution < -0.4 is 4.72 Å². The first-order chi connectivity index (χ1) is 11.4. The highest BCUT2D eigenvalue weighted by atomic mass is 35.5. The molecular formula is C17H18ClNO4S. The molecule has 24 heavy (non-hydrogen) atoms. The van der Waals surface area contributed by atoms with E-state index >= 15 is 0 Å². The molecule has 0 bridgehead atoms. The first-order valence-corrected chi connectivity index (χ1v) is 9.23. The summed E-state index contributed by atoms with van der Waals surface area (Å²) in [5, 5.41) is 0.304. The molecule has 0 aliphatic rings. The van der Waals surface area contributed by atoms with Gasteiger partial charge < -0.3 is 4.74 Å². The van der Waals surface area contributed by atoms with Gasteiger partial charge in [0, 0.05) is 5.02 Å². The molecule has 2 aromatic rings. The number of nitrogens with one attached hydrogen (secondary N) is 1. The fraction of sp³-hybridized carbons (Fsp3) is 0.235. The number of anilines is 1. The van der Waals surface area contributed by atoms with Gasteiger partial charge in [-0.1, -0.05) is 37.1 Å². The van der Waals surface area contributed by atoms with Gasteiger partial charge in [0.1, 0.15) is 0 Å². The Hall–Kier alpha value is -2.05. The van der Waals surface area contributed by atoms with Crippen LogP contribution in [0, 0.1) is 0 Å². The number of hydrogen-bond donors (Lipinski definition) is 1. The average Bonchev–Trinajstić information content (AvgIpc) is 2.55. The number of esters is 1. The number of hydrogen-bond acceptors (Lipinski definition) is 4. The van der Waals surface area contributed by atoms with Crippen LogP contribution in [0.2, 0.25) is 5.02 Å². The average molecular weight is 368 g/mol. The molecule has 0 aliphatic carbocycles. The molecule has 0 spiro atoms. The van der Waals surface area contributed by atoms with Crippen molar-refractivity contribution in [3.05, 3.63) is 58.6 Å². The van der Waals surface area contributed by atoms with Crippen LogP contribution in [0.1, 0.15) is 29.3 Å². The summed E-state index contributed by atoms with van der Waals surface area (Å²) < 4.78 is 32.1. The Labute approximate surface area is 146 Å². The van der Waals surface area contributed by atoms with Crippen molar-refractivity contribution in [2.75, 3.05) is 11.8 Å². The lowest BCUT2D eigenvalue weighted by atomic mass is 10.1. The molecule has 0 heterocycles. The molecule has 0 saturated heterocycles. The minimum absolute atomic E-state index is 0.0759. The molecule has 1 N–H and O–H groups in total. The fourth-order valence-electron chi connectivity index (χ4n) is 2.22. The molecule has 0 unspecified atom stereocenters. The van der Waals surface area contributed by atoms with Crippen molar-refractivity contribution in [1.82, 2.24) is 0 Å². The van der Waals surface area contributed by atoms with Gasteiger partial charge in [0.05, 0.1) is 23.3 Å². The van der Waals surface area contributed by atoms with Crippen molar-refractivity contribution in [3.8, 4) is 0 Å². The molecule has 0 aliphatic heterocycles. The number of benzene rings is 2. The van der Waals surface area contributed by atoms with Crippen molar-refractivity contribution in [2.24, 2.45) is 0 Å². The van der Waals surface area contributed by atoms with Gasteiger partial charge in [-0.05, 0) is 42.3 Å². The first-order valence-electron chi connectivity index (χ1n) is 7.37. The minimum atomic E-state index is -3.84. The molecular weight excluding hydrogens is 350 g/mol. The van der Waals surface area contributed by atoms with Crippen LogP contribution in [0.5, 0.6) is 0 Å². The molecule has 128 valence electrons. The molecule has 2 aromatic carbocycles. The van der Waals surface area contributed by atoms with Gasteiger partial charge in [0.2, 0.25) is 0 Å². The van der Waals surface area contributed by atoms with Crippen molar-refractivity contribution in [1.29, 1.82) is 0 Å². The number of carbonyl (C=O) groups excluding carboxylic acids is 1. The lowest BCUT2D eigenvalue weighted by molar-refractivity contribution is 0.0602. The Morgan fingerprint density at radius 1 is 1.17 bits per heavy atom. The summed E-state index contributed by atoms with van der Waals surface area (Å²) in [5.74, 6) is -0.650. The van der Waals surface area contributed by atoms with E-state index in [1.54, 1.807) is 12.1 Å². The van der Waals surface area contributed by atoms with Gasteiger partial charge in [-0.3, -0.25) is 4.72 Å². The highest BCUT2D eigenvalue weighted by molar-refractivity contribution is 7.92. The lowest BCUT2D eigenvalue weighted by Crippen LogP contribution is -2.16. The Morgan fingerprint density at radius 3 is 2.42 bits per heavy atom. The lowest BCUT2D eigenvalue weighted by Gasteiger charge is -2.12. The zero-order valence-electron chi connectivity index (χ0n) is 13.4. The van der Waals surface area contributed by atoms with Crippen LogP contribution in [0.3, 0.4) is 0 Å². The van der Waals surface area contributed by atoms with E-state index in [9.17, 15) is 13.2 Å². The Balaban J connectivity index is 2.35. The summed E-state index contributed by atoms with van der Waals surface area (Å²) in [5.41, 5.74) is 1.23. The number of methoxy groups -OCH3 is 1. The van der Waals surface area contributed by atoms with E-state index in [0.717, 1.165) is 18.4 Å². The molecule has 0 radical (unpaired) electrons. The second kappa shape index (κ2) is 7.68. The van der Waals surface area contributed by atoms with Crippen LogP contribution in [0.25, 0.3) is 0 Å². The summed E-state index contributed by atoms with van der Waals surface area (Å²) in [7, 11) is -2.62. The van der Waals surface area contributed by atoms with Gasteiger partial charge in [-0.2, -0.15) is 0 Å². The first kappa shape index (κ1) is 18.3. The van der Waals surface area contributed by atoms with Crippen molar-refractivity contribution in [3.63, 3.8) is 0 Å². The highest BCUT2D eigenvalue weighted by Crippen LogP contribution is 2.25. The monoisotopic (exact) mass is 367 g/mol. The van der Waals surface area contributed by atoms with Crippen molar-refractivity contribution >= 4 is 33.3 Å². The fourth-order valence-corrected chi connectivity index (χ4v) is 3.46. The smallest absolute Gasteiger partial charge is 0.339 e. The van der Waals surface area contributed by atoms with Crippen molar-refractivity contribution in [2.45, 2.75) is 24.7 Å². The third-order valence-corrected chi connectivity index (χ3v) is 5.02. The zero-order valence-corrected chi connectivity index (χ0v) is 14.9. The topological polar surface area (TPSA) is 72.5 Å². The Morgan fingerprint density at radius 2 is 1.83 bits per heavy atom. The molecule has 0 aromatic heterocycles. The van der Waals surface area contributed by atoms with Crippen LogP contribution in [0.15, 0.2) is 47.4 Å². The van der Waals surface area contributed by atoms with Crippen LogP contribution in [-0.4, -0.2) is 21.5 Å². The second-order valence-corrected chi connectivity index (χ2v) is 7.30. The van der Waals surface area contributed by atoms with E-state index in [2.05, 4.69) is 16.4 Å². The summed E-state index contributed by atoms with van der Waals surface area (Å²) in [6.45, 7) is 2.06. The summed E-state index contributed by atoms with van der Waals surface area (Å²) in [6, 6.07) is 10.9. The Kier molecular flexibility index (Phi) is 5.85. The third-order valence-electron chi connectivity index (χ3n) is 3.40. The molecule has 2 rings (SSSR count). The van der Waals surface area contributed by atoms with E-state index in [1.165, 1.54) is 37.4 Å². The van der Waals surface area contributed by atoms with Crippen molar-refractivity contribution < 1.29 is 17.9 Å². The third kappa shape index (κ3) is 4.27. The standard InChI is InChI=1S/C17H18ClNO4S/c1-3-4-12-5-8-14(9-6-12)24(21,22)19-16-11-13(18)7-10-15(16)17(20)23-2/h5-11,19H,3-4H2,1-2H3. The predicted molar refractivity (Wildman–Crippen MR) is 94.0 cm³/mol. The number of ether oxygens (including phenoxy) is 1. The van der Waals surface area contributed by atoms with Gasteiger partial charge in [0.25, 0.3) is 10.0 Å². The van der Waals surface area contributed by atoms with E-state index in [-0.39, 0.29) is 16.1 Å². The number of aryl methyl sites for hydroxylation is 1. The molecule has 7 heteroatoms. The largest absolute Gasteiger partial charge is 0.465 e. The molecule has 0 saturated carbocycles.